The van der Waals surface area contributed by atoms with Crippen molar-refractivity contribution in [3.05, 3.63) is 36.0 Å². The predicted octanol–water partition coefficient (Wildman–Crippen LogP) is 1.21. The van der Waals surface area contributed by atoms with Crippen LogP contribution in [0.1, 0.15) is 27.2 Å². The Morgan fingerprint density at radius 3 is 2.70 bits per heavy atom. The van der Waals surface area contributed by atoms with E-state index in [9.17, 15) is 14.7 Å². The number of aliphatic hydroxyl groups is 1. The van der Waals surface area contributed by atoms with E-state index >= 15 is 0 Å². The molecule has 0 amide bonds. The fourth-order valence-corrected chi connectivity index (χ4v) is 4.18. The number of hydrogen-bond acceptors (Lipinski definition) is 7. The molecular formula is C20H24O7. The summed E-state index contributed by atoms with van der Waals surface area (Å²) < 4.78 is 22.8. The SMILES string of the molecule is C=C1C(=O)O[C@H]2[C@H]1[C@H](OC(=O)/C(C)=C\C)CC(=C)[C@H](O)[C@@H]1O[C@@H]1[C@]1(C)O[C@H]21. The maximum Gasteiger partial charge on any atom is 0.334 e. The zero-order valence-electron chi connectivity index (χ0n) is 15.6. The Balaban J connectivity index is 1.69. The van der Waals surface area contributed by atoms with E-state index in [0.717, 1.165) is 0 Å². The lowest BCUT2D eigenvalue weighted by Gasteiger charge is -2.29. The zero-order chi connectivity index (χ0) is 19.7. The molecular weight excluding hydrogens is 352 g/mol. The minimum atomic E-state index is -0.900. The van der Waals surface area contributed by atoms with Crippen molar-refractivity contribution < 1.29 is 33.6 Å². The van der Waals surface area contributed by atoms with Gasteiger partial charge in [0.2, 0.25) is 0 Å². The highest BCUT2D eigenvalue weighted by Crippen LogP contribution is 2.56. The molecule has 0 radical (unpaired) electrons. The molecule has 1 saturated carbocycles. The number of aliphatic hydroxyl groups excluding tert-OH is 1. The summed E-state index contributed by atoms with van der Waals surface area (Å²) in [5, 5.41) is 10.6. The number of ether oxygens (including phenoxy) is 4. The molecule has 4 fully saturated rings. The highest BCUT2D eigenvalue weighted by Gasteiger charge is 2.74. The predicted molar refractivity (Wildman–Crippen MR) is 93.5 cm³/mol. The first kappa shape index (κ1) is 18.4. The first-order valence-corrected chi connectivity index (χ1v) is 9.11. The van der Waals surface area contributed by atoms with E-state index in [-0.39, 0.29) is 18.1 Å². The molecule has 1 N–H and O–H groups in total. The summed E-state index contributed by atoms with van der Waals surface area (Å²) in [6, 6.07) is 0. The van der Waals surface area contributed by atoms with Gasteiger partial charge in [0.15, 0.2) is 0 Å². The van der Waals surface area contributed by atoms with Crippen molar-refractivity contribution in [1.29, 1.82) is 0 Å². The van der Waals surface area contributed by atoms with Gasteiger partial charge in [-0.05, 0) is 26.3 Å². The summed E-state index contributed by atoms with van der Waals surface area (Å²) in [6.07, 6.45) is -1.54. The molecule has 27 heavy (non-hydrogen) atoms. The highest BCUT2D eigenvalue weighted by molar-refractivity contribution is 5.91. The highest BCUT2D eigenvalue weighted by atomic mass is 16.7. The van der Waals surface area contributed by atoms with Crippen molar-refractivity contribution in [1.82, 2.24) is 0 Å². The average Bonchev–Trinajstić information content (AvgIpc) is 3.52. The second kappa shape index (κ2) is 6.02. The number of rotatable bonds is 2. The van der Waals surface area contributed by atoms with Gasteiger partial charge >= 0.3 is 11.9 Å². The third-order valence-corrected chi connectivity index (χ3v) is 6.15. The van der Waals surface area contributed by atoms with Crippen LogP contribution in [-0.4, -0.2) is 59.3 Å². The monoisotopic (exact) mass is 376 g/mol. The lowest BCUT2D eigenvalue weighted by atomic mass is 9.80. The molecule has 0 bridgehead atoms. The van der Waals surface area contributed by atoms with Crippen molar-refractivity contribution in [2.75, 3.05) is 0 Å². The van der Waals surface area contributed by atoms with Crippen LogP contribution in [0.4, 0.5) is 0 Å². The standard InChI is InChI=1S/C20H24O7/c1-6-8(2)18(22)24-11-7-9(3)13(21)15-16(25-15)20(5)17(27-20)14-12(11)10(4)19(23)26-14/h6,11-17,21H,3-4,7H2,1-2,5H3/b8-6-/t11-,12-,13+,14+,15+,16+,17-,20+/m1/s1. The first-order chi connectivity index (χ1) is 12.7. The summed E-state index contributed by atoms with van der Waals surface area (Å²) in [5.41, 5.74) is 0.505. The van der Waals surface area contributed by atoms with Crippen LogP contribution in [0, 0.1) is 5.92 Å². The molecule has 1 aliphatic carbocycles. The van der Waals surface area contributed by atoms with Crippen LogP contribution in [0.2, 0.25) is 0 Å². The van der Waals surface area contributed by atoms with Crippen LogP contribution in [0.3, 0.4) is 0 Å². The van der Waals surface area contributed by atoms with Crippen molar-refractivity contribution >= 4 is 11.9 Å². The van der Waals surface area contributed by atoms with Crippen LogP contribution in [0.15, 0.2) is 36.0 Å². The van der Waals surface area contributed by atoms with Gasteiger partial charge in [-0.2, -0.15) is 0 Å². The summed E-state index contributed by atoms with van der Waals surface area (Å²) in [5.74, 6) is -1.59. The number of fused-ring (bicyclic) bond motifs is 5. The van der Waals surface area contributed by atoms with Gasteiger partial charge in [0.1, 0.15) is 42.2 Å². The van der Waals surface area contributed by atoms with Crippen LogP contribution >= 0.6 is 0 Å². The molecule has 8 atom stereocenters. The normalized spacial score (nSPS) is 46.0. The molecule has 0 aromatic carbocycles. The third-order valence-electron chi connectivity index (χ3n) is 6.15. The summed E-state index contributed by atoms with van der Waals surface area (Å²) in [7, 11) is 0. The number of carbonyl (C=O) groups is 2. The molecule has 4 aliphatic rings. The van der Waals surface area contributed by atoms with Crippen molar-refractivity contribution in [2.45, 2.75) is 69.4 Å². The Morgan fingerprint density at radius 2 is 2.04 bits per heavy atom. The fraction of sp³-hybridized carbons (Fsp3) is 0.600. The largest absolute Gasteiger partial charge is 0.458 e. The van der Waals surface area contributed by atoms with Crippen LogP contribution in [0.5, 0.6) is 0 Å². The van der Waals surface area contributed by atoms with E-state index in [1.165, 1.54) is 0 Å². The average molecular weight is 376 g/mol. The smallest absolute Gasteiger partial charge is 0.334 e. The molecule has 7 heteroatoms. The van der Waals surface area contributed by atoms with Gasteiger partial charge in [0, 0.05) is 17.6 Å². The fourth-order valence-electron chi connectivity index (χ4n) is 4.18. The number of carbonyl (C=O) groups excluding carboxylic acids is 2. The number of hydrogen-bond donors (Lipinski definition) is 1. The van der Waals surface area contributed by atoms with Gasteiger partial charge in [0.25, 0.3) is 0 Å². The van der Waals surface area contributed by atoms with Gasteiger partial charge < -0.3 is 24.1 Å². The molecule has 0 aromatic rings. The Morgan fingerprint density at radius 1 is 1.33 bits per heavy atom. The Hall–Kier alpha value is -1.96. The van der Waals surface area contributed by atoms with E-state index in [2.05, 4.69) is 13.2 Å². The summed E-state index contributed by atoms with van der Waals surface area (Å²) in [6.45, 7) is 13.1. The molecule has 146 valence electrons. The van der Waals surface area contributed by atoms with Gasteiger partial charge in [-0.3, -0.25) is 0 Å². The summed E-state index contributed by atoms with van der Waals surface area (Å²) >= 11 is 0. The van der Waals surface area contributed by atoms with Crippen LogP contribution in [0.25, 0.3) is 0 Å². The van der Waals surface area contributed by atoms with Gasteiger partial charge in [-0.1, -0.05) is 19.2 Å². The van der Waals surface area contributed by atoms with Crippen molar-refractivity contribution in [2.24, 2.45) is 5.92 Å². The van der Waals surface area contributed by atoms with Crippen molar-refractivity contribution in [3.8, 4) is 0 Å². The second-order valence-corrected chi connectivity index (χ2v) is 7.89. The van der Waals surface area contributed by atoms with Gasteiger partial charge in [-0.25, -0.2) is 9.59 Å². The maximum atomic E-state index is 12.4. The minimum absolute atomic E-state index is 0.177. The Labute approximate surface area is 157 Å². The molecule has 0 aromatic heterocycles. The second-order valence-electron chi connectivity index (χ2n) is 7.89. The number of esters is 2. The number of allylic oxidation sites excluding steroid dienone is 1. The van der Waals surface area contributed by atoms with E-state index in [4.69, 9.17) is 18.9 Å². The first-order valence-electron chi connectivity index (χ1n) is 9.11. The molecule has 0 spiro atoms. The van der Waals surface area contributed by atoms with Crippen LogP contribution in [-0.2, 0) is 28.5 Å². The Bertz CT molecular complexity index is 768. The van der Waals surface area contributed by atoms with Gasteiger partial charge in [-0.15, -0.1) is 0 Å². The van der Waals surface area contributed by atoms with E-state index in [1.54, 1.807) is 19.9 Å². The molecule has 3 heterocycles. The van der Waals surface area contributed by atoms with E-state index < -0.39 is 54.0 Å². The quantitative estimate of drug-likeness (QED) is 0.335. The van der Waals surface area contributed by atoms with Crippen LogP contribution < -0.4 is 0 Å². The van der Waals surface area contributed by atoms with Gasteiger partial charge in [0.05, 0.1) is 5.92 Å². The van der Waals surface area contributed by atoms with E-state index in [1.807, 2.05) is 6.92 Å². The molecule has 0 unspecified atom stereocenters. The number of epoxide rings is 2. The third kappa shape index (κ3) is 2.76. The Kier molecular flexibility index (Phi) is 4.10. The van der Waals surface area contributed by atoms with Crippen molar-refractivity contribution in [3.63, 3.8) is 0 Å². The minimum Gasteiger partial charge on any atom is -0.458 e. The zero-order valence-corrected chi connectivity index (χ0v) is 15.6. The maximum absolute atomic E-state index is 12.4. The lowest BCUT2D eigenvalue weighted by Crippen LogP contribution is -2.41. The lowest BCUT2D eigenvalue weighted by molar-refractivity contribution is -0.148. The molecule has 3 aliphatic heterocycles. The summed E-state index contributed by atoms with van der Waals surface area (Å²) in [4.78, 5) is 24.6. The topological polar surface area (TPSA) is 97.9 Å². The van der Waals surface area contributed by atoms with E-state index in [0.29, 0.717) is 11.1 Å². The molecule has 4 rings (SSSR count). The molecule has 7 nitrogen and oxygen atoms in total. The molecule has 3 saturated heterocycles.